The smallest absolute Gasteiger partial charge is 0.0326 e. The molecule has 0 bridgehead atoms. The number of nitrogens with one attached hydrogen (secondary N) is 1. The highest BCUT2D eigenvalue weighted by atomic mass is 15.0. The summed E-state index contributed by atoms with van der Waals surface area (Å²) in [4.78, 5) is 0. The van der Waals surface area contributed by atoms with Gasteiger partial charge in [-0.25, -0.2) is 0 Å². The van der Waals surface area contributed by atoms with Crippen LogP contribution in [0.2, 0.25) is 0 Å². The van der Waals surface area contributed by atoms with E-state index in [1.165, 1.54) is 18.5 Å². The van der Waals surface area contributed by atoms with Crippen molar-refractivity contribution in [3.05, 3.63) is 11.3 Å². The van der Waals surface area contributed by atoms with Crippen LogP contribution in [0.3, 0.4) is 0 Å². The Kier molecular flexibility index (Phi) is 1.48. The van der Waals surface area contributed by atoms with Gasteiger partial charge in [-0.15, -0.1) is 0 Å². The van der Waals surface area contributed by atoms with Crippen LogP contribution in [0.15, 0.2) is 11.3 Å². The molecule has 1 heteroatoms. The minimum atomic E-state index is 0.782. The lowest BCUT2D eigenvalue weighted by Gasteiger charge is -2.15. The lowest BCUT2D eigenvalue weighted by Crippen LogP contribution is -2.24. The van der Waals surface area contributed by atoms with Crippen molar-refractivity contribution in [1.82, 2.24) is 5.32 Å². The van der Waals surface area contributed by atoms with Crippen LogP contribution in [0.25, 0.3) is 0 Å². The molecular weight excluding hydrogens is 134 g/mol. The molecule has 3 atom stereocenters. The van der Waals surface area contributed by atoms with Gasteiger partial charge in [0.05, 0.1) is 0 Å². The number of fused-ring (bicyclic) bond motifs is 1. The molecule has 1 heterocycles. The van der Waals surface area contributed by atoms with Crippen molar-refractivity contribution in [3.63, 3.8) is 0 Å². The Labute approximate surface area is 68.9 Å². The van der Waals surface area contributed by atoms with Gasteiger partial charge in [0.15, 0.2) is 0 Å². The highest BCUT2D eigenvalue weighted by molar-refractivity contribution is 5.24. The molecule has 2 aliphatic rings. The summed E-state index contributed by atoms with van der Waals surface area (Å²) in [5.41, 5.74) is 3.05. The zero-order valence-electron chi connectivity index (χ0n) is 7.65. The van der Waals surface area contributed by atoms with Crippen LogP contribution < -0.4 is 5.32 Å². The molecule has 1 N–H and O–H groups in total. The molecule has 1 saturated carbocycles. The first-order valence-electron chi connectivity index (χ1n) is 4.64. The zero-order chi connectivity index (χ0) is 8.01. The van der Waals surface area contributed by atoms with Gasteiger partial charge < -0.3 is 5.32 Å². The van der Waals surface area contributed by atoms with Crippen molar-refractivity contribution in [2.75, 3.05) is 0 Å². The summed E-state index contributed by atoms with van der Waals surface area (Å²) in [6.07, 6.45) is 2.79. The molecule has 0 aromatic rings. The minimum Gasteiger partial charge on any atom is -0.385 e. The molecule has 1 fully saturated rings. The predicted octanol–water partition coefficient (Wildman–Crippen LogP) is 2.30. The Hall–Kier alpha value is -0.460. The molecule has 0 aromatic carbocycles. The maximum absolute atomic E-state index is 3.58. The number of rotatable bonds is 0. The van der Waals surface area contributed by atoms with E-state index in [0.29, 0.717) is 0 Å². The van der Waals surface area contributed by atoms with E-state index in [0.717, 1.165) is 17.9 Å². The maximum atomic E-state index is 3.58. The number of allylic oxidation sites excluding steroid dienone is 1. The lowest BCUT2D eigenvalue weighted by atomic mass is 9.90. The second-order valence-electron chi connectivity index (χ2n) is 4.14. The number of hydrogen-bond donors (Lipinski definition) is 1. The van der Waals surface area contributed by atoms with Crippen LogP contribution in [0.1, 0.15) is 33.6 Å². The Balaban J connectivity index is 2.25. The van der Waals surface area contributed by atoms with Crippen molar-refractivity contribution in [3.8, 4) is 0 Å². The van der Waals surface area contributed by atoms with E-state index in [1.54, 1.807) is 5.57 Å². The van der Waals surface area contributed by atoms with Gasteiger partial charge in [0.1, 0.15) is 0 Å². The number of hydrogen-bond acceptors (Lipinski definition) is 1. The third kappa shape index (κ3) is 0.901. The molecule has 0 radical (unpaired) electrons. The molecule has 0 saturated heterocycles. The normalized spacial score (nSPS) is 42.6. The SMILES string of the molecule is CC1=C(C)C2C(C)CCC2N1. The summed E-state index contributed by atoms with van der Waals surface area (Å²) in [5.74, 6) is 1.76. The summed E-state index contributed by atoms with van der Waals surface area (Å²) in [6, 6.07) is 0.782. The quantitative estimate of drug-likeness (QED) is 0.560. The molecule has 11 heavy (non-hydrogen) atoms. The predicted molar refractivity (Wildman–Crippen MR) is 47.2 cm³/mol. The van der Waals surface area contributed by atoms with Gasteiger partial charge in [-0.2, -0.15) is 0 Å². The third-order valence-corrected chi connectivity index (χ3v) is 3.47. The minimum absolute atomic E-state index is 0.782. The summed E-state index contributed by atoms with van der Waals surface area (Å²) in [5, 5.41) is 3.58. The van der Waals surface area contributed by atoms with Gasteiger partial charge in [-0.05, 0) is 38.2 Å². The molecule has 62 valence electrons. The Morgan fingerprint density at radius 3 is 2.64 bits per heavy atom. The van der Waals surface area contributed by atoms with Gasteiger partial charge in [0, 0.05) is 17.7 Å². The van der Waals surface area contributed by atoms with Crippen molar-refractivity contribution in [2.24, 2.45) is 11.8 Å². The average Bonchev–Trinajstić information content (AvgIpc) is 2.41. The third-order valence-electron chi connectivity index (χ3n) is 3.47. The summed E-state index contributed by atoms with van der Waals surface area (Å²) in [6.45, 7) is 6.88. The molecule has 2 rings (SSSR count). The second kappa shape index (κ2) is 2.26. The van der Waals surface area contributed by atoms with Crippen molar-refractivity contribution >= 4 is 0 Å². The zero-order valence-corrected chi connectivity index (χ0v) is 7.65. The second-order valence-corrected chi connectivity index (χ2v) is 4.14. The van der Waals surface area contributed by atoms with Crippen LogP contribution in [-0.4, -0.2) is 6.04 Å². The monoisotopic (exact) mass is 151 g/mol. The summed E-state index contributed by atoms with van der Waals surface area (Å²) in [7, 11) is 0. The maximum Gasteiger partial charge on any atom is 0.0326 e. The largest absolute Gasteiger partial charge is 0.385 e. The molecule has 0 spiro atoms. The van der Waals surface area contributed by atoms with E-state index < -0.39 is 0 Å². The van der Waals surface area contributed by atoms with Gasteiger partial charge in [0.2, 0.25) is 0 Å². The highest BCUT2D eigenvalue weighted by Gasteiger charge is 2.38. The molecule has 1 nitrogen and oxygen atoms in total. The van der Waals surface area contributed by atoms with Crippen molar-refractivity contribution in [1.29, 1.82) is 0 Å². The fraction of sp³-hybridized carbons (Fsp3) is 0.800. The van der Waals surface area contributed by atoms with Crippen LogP contribution in [0.4, 0.5) is 0 Å². The lowest BCUT2D eigenvalue weighted by molar-refractivity contribution is 0.448. The molecule has 3 unspecified atom stereocenters. The van der Waals surface area contributed by atoms with Gasteiger partial charge in [-0.3, -0.25) is 0 Å². The van der Waals surface area contributed by atoms with E-state index in [-0.39, 0.29) is 0 Å². The molecule has 0 amide bonds. The molecule has 0 aromatic heterocycles. The Bertz CT molecular complexity index is 205. The first kappa shape index (κ1) is 7.20. The standard InChI is InChI=1S/C10H17N/c1-6-4-5-9-10(6)7(2)8(3)11-9/h6,9-11H,4-5H2,1-3H3. The van der Waals surface area contributed by atoms with Crippen molar-refractivity contribution in [2.45, 2.75) is 39.7 Å². The van der Waals surface area contributed by atoms with Crippen LogP contribution in [0, 0.1) is 11.8 Å². The first-order chi connectivity index (χ1) is 5.20. The van der Waals surface area contributed by atoms with E-state index in [4.69, 9.17) is 0 Å². The summed E-state index contributed by atoms with van der Waals surface area (Å²) >= 11 is 0. The van der Waals surface area contributed by atoms with E-state index >= 15 is 0 Å². The summed E-state index contributed by atoms with van der Waals surface area (Å²) < 4.78 is 0. The topological polar surface area (TPSA) is 12.0 Å². The fourth-order valence-electron chi connectivity index (χ4n) is 2.73. The van der Waals surface area contributed by atoms with Crippen LogP contribution in [-0.2, 0) is 0 Å². The fourth-order valence-corrected chi connectivity index (χ4v) is 2.73. The van der Waals surface area contributed by atoms with Gasteiger partial charge >= 0.3 is 0 Å². The highest BCUT2D eigenvalue weighted by Crippen LogP contribution is 2.41. The van der Waals surface area contributed by atoms with Gasteiger partial charge in [-0.1, -0.05) is 6.92 Å². The Morgan fingerprint density at radius 1 is 1.27 bits per heavy atom. The van der Waals surface area contributed by atoms with Crippen molar-refractivity contribution < 1.29 is 0 Å². The molecular formula is C10H17N. The first-order valence-corrected chi connectivity index (χ1v) is 4.64. The van der Waals surface area contributed by atoms with E-state index in [2.05, 4.69) is 26.1 Å². The van der Waals surface area contributed by atoms with Gasteiger partial charge in [0.25, 0.3) is 0 Å². The van der Waals surface area contributed by atoms with E-state index in [1.807, 2.05) is 0 Å². The van der Waals surface area contributed by atoms with Crippen LogP contribution in [0.5, 0.6) is 0 Å². The molecule has 1 aliphatic heterocycles. The average molecular weight is 151 g/mol. The van der Waals surface area contributed by atoms with E-state index in [9.17, 15) is 0 Å². The molecule has 1 aliphatic carbocycles. The Morgan fingerprint density at radius 2 is 2.00 bits per heavy atom. The van der Waals surface area contributed by atoms with Crippen LogP contribution >= 0.6 is 0 Å².